The Morgan fingerprint density at radius 3 is 2.53 bits per heavy atom. The Balaban J connectivity index is 1.41. The van der Waals surface area contributed by atoms with Crippen molar-refractivity contribution in [1.82, 2.24) is 10.6 Å². The summed E-state index contributed by atoms with van der Waals surface area (Å²) in [6, 6.07) is 12.4. The van der Waals surface area contributed by atoms with Crippen LogP contribution in [0.25, 0.3) is 0 Å². The van der Waals surface area contributed by atoms with Gasteiger partial charge in [0.15, 0.2) is 11.5 Å². The van der Waals surface area contributed by atoms with Gasteiger partial charge in [-0.2, -0.15) is 0 Å². The number of carbonyl (C=O) groups is 2. The monoisotopic (exact) mass is 409 g/mol. The molecule has 0 bridgehead atoms. The molecule has 158 valence electrons. The van der Waals surface area contributed by atoms with Crippen LogP contribution < -0.4 is 25.4 Å². The lowest BCUT2D eigenvalue weighted by Gasteiger charge is -2.28. The molecule has 7 nitrogen and oxygen atoms in total. The topological polar surface area (TPSA) is 88.7 Å². The third-order valence-corrected chi connectivity index (χ3v) is 5.45. The fraction of sp³-hybridized carbons (Fsp3) is 0.391. The van der Waals surface area contributed by atoms with E-state index in [1.165, 1.54) is 11.1 Å². The molecule has 2 aromatic rings. The molecule has 7 heteroatoms. The van der Waals surface area contributed by atoms with Crippen molar-refractivity contribution in [3.8, 4) is 11.5 Å². The molecule has 4 rings (SSSR count). The highest BCUT2D eigenvalue weighted by Gasteiger charge is 2.30. The third kappa shape index (κ3) is 4.41. The van der Waals surface area contributed by atoms with Crippen molar-refractivity contribution >= 4 is 17.5 Å². The first-order chi connectivity index (χ1) is 14.5. The number of benzene rings is 2. The fourth-order valence-electron chi connectivity index (χ4n) is 3.77. The number of hydrogen-bond donors (Lipinski definition) is 3. The van der Waals surface area contributed by atoms with Gasteiger partial charge in [0.05, 0.1) is 6.04 Å². The molecule has 2 aromatic carbocycles. The predicted octanol–water partition coefficient (Wildman–Crippen LogP) is 2.25. The third-order valence-electron chi connectivity index (χ3n) is 5.45. The van der Waals surface area contributed by atoms with Crippen molar-refractivity contribution in [3.63, 3.8) is 0 Å². The van der Waals surface area contributed by atoms with Gasteiger partial charge in [0.2, 0.25) is 11.8 Å². The predicted molar refractivity (Wildman–Crippen MR) is 114 cm³/mol. The second-order valence-electron chi connectivity index (χ2n) is 7.98. The summed E-state index contributed by atoms with van der Waals surface area (Å²) in [5.41, 5.74) is 2.98. The van der Waals surface area contributed by atoms with Crippen LogP contribution in [-0.2, 0) is 22.6 Å². The van der Waals surface area contributed by atoms with Gasteiger partial charge < -0.3 is 25.4 Å². The summed E-state index contributed by atoms with van der Waals surface area (Å²) in [7, 11) is 0. The number of hydrogen-bond acceptors (Lipinski definition) is 5. The molecule has 0 radical (unpaired) electrons. The van der Waals surface area contributed by atoms with E-state index in [1.54, 1.807) is 18.2 Å². The minimum atomic E-state index is -0.648. The zero-order chi connectivity index (χ0) is 21.1. The summed E-state index contributed by atoms with van der Waals surface area (Å²) in [4.78, 5) is 25.8. The van der Waals surface area contributed by atoms with E-state index in [1.807, 2.05) is 32.0 Å². The van der Waals surface area contributed by atoms with E-state index in [0.29, 0.717) is 43.4 Å². The Morgan fingerprint density at radius 1 is 1.03 bits per heavy atom. The van der Waals surface area contributed by atoms with Gasteiger partial charge in [-0.15, -0.1) is 0 Å². The highest BCUT2D eigenvalue weighted by Crippen LogP contribution is 2.32. The van der Waals surface area contributed by atoms with Gasteiger partial charge in [-0.05, 0) is 35.6 Å². The van der Waals surface area contributed by atoms with Crippen molar-refractivity contribution in [3.05, 3.63) is 53.6 Å². The normalized spacial score (nSPS) is 18.3. The maximum absolute atomic E-state index is 12.9. The van der Waals surface area contributed by atoms with Gasteiger partial charge in [0.25, 0.3) is 0 Å². The van der Waals surface area contributed by atoms with Crippen molar-refractivity contribution in [2.24, 2.45) is 5.92 Å². The lowest BCUT2D eigenvalue weighted by molar-refractivity contribution is -0.128. The van der Waals surface area contributed by atoms with E-state index in [4.69, 9.17) is 9.47 Å². The van der Waals surface area contributed by atoms with E-state index < -0.39 is 6.04 Å². The number of fused-ring (bicyclic) bond motifs is 2. The van der Waals surface area contributed by atoms with Crippen LogP contribution in [0.2, 0.25) is 0 Å². The Labute approximate surface area is 176 Å². The molecule has 2 heterocycles. The van der Waals surface area contributed by atoms with E-state index in [-0.39, 0.29) is 23.8 Å². The molecule has 0 fully saturated rings. The Kier molecular flexibility index (Phi) is 5.90. The number of rotatable bonds is 5. The quantitative estimate of drug-likeness (QED) is 0.705. The largest absolute Gasteiger partial charge is 0.486 e. The highest BCUT2D eigenvalue weighted by molar-refractivity contribution is 5.98. The molecular formula is C23H27N3O4. The number of anilines is 1. The van der Waals surface area contributed by atoms with Crippen LogP contribution in [0.1, 0.15) is 25.0 Å². The zero-order valence-corrected chi connectivity index (χ0v) is 17.2. The molecular weight excluding hydrogens is 382 g/mol. The first-order valence-corrected chi connectivity index (χ1v) is 10.3. The lowest BCUT2D eigenvalue weighted by Crippen LogP contribution is -2.54. The molecule has 0 aliphatic carbocycles. The van der Waals surface area contributed by atoms with Crippen LogP contribution in [0.4, 0.5) is 5.69 Å². The van der Waals surface area contributed by atoms with Crippen LogP contribution in [0, 0.1) is 5.92 Å². The summed E-state index contributed by atoms with van der Waals surface area (Å²) in [6.45, 7) is 5.46. The zero-order valence-electron chi connectivity index (χ0n) is 17.2. The average molecular weight is 409 g/mol. The van der Waals surface area contributed by atoms with E-state index in [2.05, 4.69) is 22.0 Å². The van der Waals surface area contributed by atoms with Gasteiger partial charge in [0.1, 0.15) is 19.3 Å². The summed E-state index contributed by atoms with van der Waals surface area (Å²) in [5.74, 6) is 0.777. The first-order valence-electron chi connectivity index (χ1n) is 10.3. The second-order valence-corrected chi connectivity index (χ2v) is 7.98. The lowest BCUT2D eigenvalue weighted by atomic mass is 9.94. The average Bonchev–Trinajstić information content (AvgIpc) is 2.76. The smallest absolute Gasteiger partial charge is 0.247 e. The minimum Gasteiger partial charge on any atom is -0.486 e. The van der Waals surface area contributed by atoms with E-state index >= 15 is 0 Å². The molecule has 2 aliphatic rings. The fourth-order valence-corrected chi connectivity index (χ4v) is 3.77. The summed E-state index contributed by atoms with van der Waals surface area (Å²) < 4.78 is 11.1. The standard InChI is InChI=1S/C23H27N3O4/c1-14(2)21(23(28)25-17-7-8-19-20(12-17)30-10-9-29-19)26-22(27)18-11-15-5-3-4-6-16(15)13-24-18/h3-8,12,14,18,21,24H,9-11,13H2,1-2H3,(H,25,28)(H,26,27)/t18-,21+/m0/s1. The summed E-state index contributed by atoms with van der Waals surface area (Å²) in [6.07, 6.45) is 0.608. The van der Waals surface area contributed by atoms with Gasteiger partial charge >= 0.3 is 0 Å². The molecule has 0 saturated heterocycles. The van der Waals surface area contributed by atoms with Crippen LogP contribution in [-0.4, -0.2) is 37.1 Å². The number of amides is 2. The molecule has 0 spiro atoms. The maximum atomic E-state index is 12.9. The minimum absolute atomic E-state index is 0.0676. The van der Waals surface area contributed by atoms with Gasteiger partial charge in [-0.1, -0.05) is 38.1 Å². The maximum Gasteiger partial charge on any atom is 0.247 e. The van der Waals surface area contributed by atoms with Crippen molar-refractivity contribution in [1.29, 1.82) is 0 Å². The number of nitrogens with one attached hydrogen (secondary N) is 3. The molecule has 0 aromatic heterocycles. The van der Waals surface area contributed by atoms with E-state index in [9.17, 15) is 9.59 Å². The Bertz CT molecular complexity index is 944. The van der Waals surface area contributed by atoms with Crippen molar-refractivity contribution < 1.29 is 19.1 Å². The first kappa shape index (κ1) is 20.2. The SMILES string of the molecule is CC(C)[C@@H](NC(=O)[C@@H]1Cc2ccccc2CN1)C(=O)Nc1ccc2c(c1)OCCO2. The Hall–Kier alpha value is -3.06. The van der Waals surface area contributed by atoms with Crippen molar-refractivity contribution in [2.45, 2.75) is 38.9 Å². The molecule has 2 aliphatic heterocycles. The van der Waals surface area contributed by atoms with Crippen LogP contribution in [0.15, 0.2) is 42.5 Å². The van der Waals surface area contributed by atoms with Gasteiger partial charge in [-0.25, -0.2) is 0 Å². The summed E-state index contributed by atoms with van der Waals surface area (Å²) in [5, 5.41) is 9.09. The molecule has 30 heavy (non-hydrogen) atoms. The molecule has 3 N–H and O–H groups in total. The number of ether oxygens (including phenoxy) is 2. The van der Waals surface area contributed by atoms with Crippen LogP contribution in [0.3, 0.4) is 0 Å². The molecule has 0 unspecified atom stereocenters. The van der Waals surface area contributed by atoms with Gasteiger partial charge in [-0.3, -0.25) is 9.59 Å². The molecule has 2 amide bonds. The van der Waals surface area contributed by atoms with E-state index in [0.717, 1.165) is 0 Å². The summed E-state index contributed by atoms with van der Waals surface area (Å²) >= 11 is 0. The Morgan fingerprint density at radius 2 is 1.77 bits per heavy atom. The number of carbonyl (C=O) groups excluding carboxylic acids is 2. The van der Waals surface area contributed by atoms with Crippen molar-refractivity contribution in [2.75, 3.05) is 18.5 Å². The second kappa shape index (κ2) is 8.75. The highest BCUT2D eigenvalue weighted by atomic mass is 16.6. The van der Waals surface area contributed by atoms with Gasteiger partial charge in [0, 0.05) is 18.3 Å². The van der Waals surface area contributed by atoms with Crippen LogP contribution in [0.5, 0.6) is 11.5 Å². The molecule has 2 atom stereocenters. The molecule has 0 saturated carbocycles. The van der Waals surface area contributed by atoms with Crippen LogP contribution >= 0.6 is 0 Å².